The van der Waals surface area contributed by atoms with Crippen molar-refractivity contribution in [2.45, 2.75) is 0 Å². The van der Waals surface area contributed by atoms with E-state index in [9.17, 15) is 0 Å². The van der Waals surface area contributed by atoms with Gasteiger partial charge in [0.05, 0.1) is 11.4 Å². The van der Waals surface area contributed by atoms with Crippen molar-refractivity contribution in [3.05, 3.63) is 84.9 Å². The minimum atomic E-state index is -0.138. The molecule has 0 amide bonds. The van der Waals surface area contributed by atoms with E-state index in [4.69, 9.17) is 9.39 Å². The van der Waals surface area contributed by atoms with Crippen LogP contribution in [0.5, 0.6) is 17.2 Å². The van der Waals surface area contributed by atoms with Crippen LogP contribution < -0.4 is 25.2 Å². The number of hydrogen-bond donors (Lipinski definition) is 0. The van der Waals surface area contributed by atoms with Gasteiger partial charge >= 0.3 is 6.92 Å². The Hall–Kier alpha value is -3.66. The lowest BCUT2D eigenvalue weighted by molar-refractivity contribution is 0.477. The molecule has 3 aliphatic heterocycles. The number of hydrogen-bond acceptors (Lipinski definition) is 3. The lowest BCUT2D eigenvalue weighted by Gasteiger charge is -2.42. The first kappa shape index (κ1) is 14.4. The van der Waals surface area contributed by atoms with Gasteiger partial charge in [-0.15, -0.1) is 0 Å². The quantitative estimate of drug-likeness (QED) is 0.373. The number of ether oxygens (including phenoxy) is 1. The fourth-order valence-electron chi connectivity index (χ4n) is 4.75. The van der Waals surface area contributed by atoms with E-state index in [1.54, 1.807) is 0 Å². The molecule has 3 heterocycles. The van der Waals surface area contributed by atoms with Crippen LogP contribution in [0.2, 0.25) is 0 Å². The number of rotatable bonds is 0. The van der Waals surface area contributed by atoms with E-state index >= 15 is 0 Å². The molecule has 0 radical (unpaired) electrons. The van der Waals surface area contributed by atoms with Crippen molar-refractivity contribution in [1.29, 1.82) is 0 Å². The molecule has 0 saturated heterocycles. The fourth-order valence-corrected chi connectivity index (χ4v) is 4.75. The molecule has 0 aliphatic carbocycles. The van der Waals surface area contributed by atoms with E-state index in [0.717, 1.165) is 45.3 Å². The number of para-hydroxylation sites is 4. The normalized spacial score (nSPS) is 14.1. The smallest absolute Gasteiger partial charge is 0.431 e. The van der Waals surface area contributed by atoms with Gasteiger partial charge < -0.3 is 14.3 Å². The highest BCUT2D eigenvalue weighted by molar-refractivity contribution is 6.85. The molecular weight excluding hydrogens is 345 g/mol. The van der Waals surface area contributed by atoms with Crippen molar-refractivity contribution in [2.75, 3.05) is 4.90 Å². The number of anilines is 3. The van der Waals surface area contributed by atoms with Gasteiger partial charge in [-0.2, -0.15) is 0 Å². The lowest BCUT2D eigenvalue weighted by Crippen LogP contribution is -2.56. The van der Waals surface area contributed by atoms with Gasteiger partial charge in [0.2, 0.25) is 0 Å². The molecule has 4 aromatic rings. The molecule has 0 spiro atoms. The highest BCUT2D eigenvalue weighted by atomic mass is 16.5. The summed E-state index contributed by atoms with van der Waals surface area (Å²) in [5, 5.41) is 0. The Labute approximate surface area is 162 Å². The zero-order chi connectivity index (χ0) is 18.2. The van der Waals surface area contributed by atoms with Crippen LogP contribution in [0.1, 0.15) is 0 Å². The van der Waals surface area contributed by atoms with Gasteiger partial charge in [-0.25, -0.2) is 0 Å². The van der Waals surface area contributed by atoms with E-state index in [0.29, 0.717) is 0 Å². The van der Waals surface area contributed by atoms with E-state index in [-0.39, 0.29) is 6.92 Å². The summed E-state index contributed by atoms with van der Waals surface area (Å²) in [6, 6.07) is 29.3. The zero-order valence-electron chi connectivity index (χ0n) is 14.9. The van der Waals surface area contributed by atoms with Gasteiger partial charge in [0.25, 0.3) is 0 Å². The molecule has 4 aromatic carbocycles. The third kappa shape index (κ3) is 1.66. The standard InChI is InChI=1S/C24H14BNO2/c1-3-12-20-15(7-1)16-8-5-11-19-23(16)25(28-20)17-9-6-14-22-24(17)26(19)18-10-2-4-13-21(18)27-22/h1-14H. The third-order valence-electron chi connectivity index (χ3n) is 5.87. The summed E-state index contributed by atoms with van der Waals surface area (Å²) in [4.78, 5) is 2.33. The molecular formula is C24H14BNO2. The fraction of sp³-hybridized carbons (Fsp3) is 0. The predicted molar refractivity (Wildman–Crippen MR) is 112 cm³/mol. The van der Waals surface area contributed by atoms with E-state index in [1.165, 1.54) is 11.0 Å². The maximum atomic E-state index is 6.54. The molecule has 0 fully saturated rings. The minimum Gasteiger partial charge on any atom is -0.551 e. The van der Waals surface area contributed by atoms with Crippen LogP contribution in [0, 0.1) is 0 Å². The average Bonchev–Trinajstić information content (AvgIpc) is 2.76. The Balaban J connectivity index is 1.61. The number of benzene rings is 4. The highest BCUT2D eigenvalue weighted by Crippen LogP contribution is 2.52. The average molecular weight is 359 g/mol. The molecule has 7 rings (SSSR count). The topological polar surface area (TPSA) is 21.7 Å². The van der Waals surface area contributed by atoms with Crippen LogP contribution in [-0.2, 0) is 0 Å². The summed E-state index contributed by atoms with van der Waals surface area (Å²) in [6.07, 6.45) is 0. The third-order valence-corrected chi connectivity index (χ3v) is 5.87. The molecule has 0 saturated carbocycles. The molecule has 3 nitrogen and oxygen atoms in total. The van der Waals surface area contributed by atoms with Crippen molar-refractivity contribution >= 4 is 34.9 Å². The summed E-state index contributed by atoms with van der Waals surface area (Å²) < 4.78 is 12.8. The summed E-state index contributed by atoms with van der Waals surface area (Å²) in [5.74, 6) is 2.68. The molecule has 0 unspecified atom stereocenters. The first-order valence-electron chi connectivity index (χ1n) is 9.49. The molecule has 0 aromatic heterocycles. The monoisotopic (exact) mass is 359 g/mol. The van der Waals surface area contributed by atoms with Crippen LogP contribution in [0.3, 0.4) is 0 Å². The predicted octanol–water partition coefficient (Wildman–Crippen LogP) is 4.74. The Morgan fingerprint density at radius 2 is 1.32 bits per heavy atom. The summed E-state index contributed by atoms with van der Waals surface area (Å²) in [5.41, 5.74) is 8.06. The second-order valence-corrected chi connectivity index (χ2v) is 7.33. The molecule has 28 heavy (non-hydrogen) atoms. The largest absolute Gasteiger partial charge is 0.551 e. The number of nitrogens with zero attached hydrogens (tertiary/aromatic N) is 1. The Morgan fingerprint density at radius 3 is 2.29 bits per heavy atom. The van der Waals surface area contributed by atoms with Gasteiger partial charge in [-0.1, -0.05) is 54.6 Å². The van der Waals surface area contributed by atoms with Crippen LogP contribution in [-0.4, -0.2) is 6.92 Å². The maximum Gasteiger partial charge on any atom is 0.431 e. The van der Waals surface area contributed by atoms with Gasteiger partial charge in [-0.3, -0.25) is 0 Å². The van der Waals surface area contributed by atoms with Crippen LogP contribution in [0.15, 0.2) is 84.9 Å². The molecule has 3 aliphatic rings. The van der Waals surface area contributed by atoms with E-state index in [1.807, 2.05) is 24.3 Å². The summed E-state index contributed by atoms with van der Waals surface area (Å²) in [6.45, 7) is -0.138. The molecule has 0 atom stereocenters. The van der Waals surface area contributed by atoms with Gasteiger partial charge in [0.1, 0.15) is 5.75 Å². The van der Waals surface area contributed by atoms with E-state index in [2.05, 4.69) is 65.6 Å². The van der Waals surface area contributed by atoms with Gasteiger partial charge in [-0.05, 0) is 41.4 Å². The van der Waals surface area contributed by atoms with Crippen LogP contribution in [0.25, 0.3) is 11.1 Å². The number of fused-ring (bicyclic) bond motifs is 6. The van der Waals surface area contributed by atoms with Gasteiger partial charge in [0, 0.05) is 16.7 Å². The minimum absolute atomic E-state index is 0.138. The van der Waals surface area contributed by atoms with Gasteiger partial charge in [0.15, 0.2) is 11.5 Å². The lowest BCUT2D eigenvalue weighted by atomic mass is 9.49. The maximum absolute atomic E-state index is 6.54. The summed E-state index contributed by atoms with van der Waals surface area (Å²) >= 11 is 0. The van der Waals surface area contributed by atoms with Crippen molar-refractivity contribution in [1.82, 2.24) is 0 Å². The molecule has 0 bridgehead atoms. The van der Waals surface area contributed by atoms with Crippen molar-refractivity contribution < 1.29 is 9.39 Å². The Bertz CT molecular complexity index is 1300. The Morgan fingerprint density at radius 1 is 0.607 bits per heavy atom. The van der Waals surface area contributed by atoms with Crippen molar-refractivity contribution in [3.63, 3.8) is 0 Å². The molecule has 130 valence electrons. The van der Waals surface area contributed by atoms with Crippen molar-refractivity contribution in [2.24, 2.45) is 0 Å². The first-order chi connectivity index (χ1) is 13.9. The van der Waals surface area contributed by atoms with E-state index < -0.39 is 0 Å². The van der Waals surface area contributed by atoms with Crippen molar-refractivity contribution in [3.8, 4) is 28.4 Å². The zero-order valence-corrected chi connectivity index (χ0v) is 14.9. The second-order valence-electron chi connectivity index (χ2n) is 7.33. The SMILES string of the molecule is c1ccc2c(c1)OB1c3cccc4c3N(c3ccccc3O4)c3cccc-2c31. The second kappa shape index (κ2) is 4.99. The Kier molecular flexibility index (Phi) is 2.57. The first-order valence-corrected chi connectivity index (χ1v) is 9.49. The summed E-state index contributed by atoms with van der Waals surface area (Å²) in [7, 11) is 0. The van der Waals surface area contributed by atoms with Crippen LogP contribution in [0.4, 0.5) is 17.1 Å². The highest BCUT2D eigenvalue weighted by Gasteiger charge is 2.45. The molecule has 4 heteroatoms. The molecule has 0 N–H and O–H groups in total. The van der Waals surface area contributed by atoms with Crippen LogP contribution >= 0.6 is 0 Å².